The van der Waals surface area contributed by atoms with Gasteiger partial charge in [0.15, 0.2) is 5.82 Å². The monoisotopic (exact) mass is 700 g/mol. The van der Waals surface area contributed by atoms with Crippen molar-refractivity contribution in [2.75, 3.05) is 64.0 Å². The third-order valence-corrected chi connectivity index (χ3v) is 8.92. The van der Waals surface area contributed by atoms with Gasteiger partial charge in [0.2, 0.25) is 5.91 Å². The number of halogens is 3. The molecule has 2 aliphatic heterocycles. The SMILES string of the molecule is CCCCOC(=O)N1CCN(C(=O)[C@H](CCP(=O)(O)O)NC(=O)c2cc(N3CC[C@H](OC)C3)nc(-c3cccc(C(F)(F)F)c3)n2)CC1. The number of rotatable bonds is 12. The van der Waals surface area contributed by atoms with E-state index in [-0.39, 0.29) is 61.8 Å². The van der Waals surface area contributed by atoms with Crippen molar-refractivity contribution in [2.24, 2.45) is 0 Å². The Hall–Kier alpha value is -3.79. The molecule has 2 saturated heterocycles. The zero-order valence-electron chi connectivity index (χ0n) is 26.7. The van der Waals surface area contributed by atoms with Crippen LogP contribution in [-0.2, 0) is 25.0 Å². The average molecular weight is 701 g/mol. The first-order valence-electron chi connectivity index (χ1n) is 15.6. The van der Waals surface area contributed by atoms with Crippen LogP contribution in [0.4, 0.5) is 23.8 Å². The molecule has 2 aromatic rings. The number of amides is 3. The van der Waals surface area contributed by atoms with E-state index in [2.05, 4.69) is 15.3 Å². The highest BCUT2D eigenvalue weighted by Gasteiger charge is 2.34. The van der Waals surface area contributed by atoms with E-state index in [4.69, 9.17) is 9.47 Å². The number of benzene rings is 1. The number of hydrogen-bond donors (Lipinski definition) is 3. The molecule has 2 atom stereocenters. The van der Waals surface area contributed by atoms with Gasteiger partial charge >= 0.3 is 19.9 Å². The topological polar surface area (TPSA) is 175 Å². The third-order valence-electron chi connectivity index (χ3n) is 8.08. The first-order valence-corrected chi connectivity index (χ1v) is 17.4. The van der Waals surface area contributed by atoms with Crippen molar-refractivity contribution in [3.63, 3.8) is 0 Å². The summed E-state index contributed by atoms with van der Waals surface area (Å²) in [6.07, 6.45) is -4.18. The van der Waals surface area contributed by atoms with Gasteiger partial charge in [-0.25, -0.2) is 14.8 Å². The van der Waals surface area contributed by atoms with E-state index in [0.717, 1.165) is 18.6 Å². The van der Waals surface area contributed by atoms with E-state index in [9.17, 15) is 41.9 Å². The fraction of sp³-hybridized carbons (Fsp3) is 0.567. The van der Waals surface area contributed by atoms with Gasteiger partial charge < -0.3 is 39.3 Å². The highest BCUT2D eigenvalue weighted by Crippen LogP contribution is 2.36. The van der Waals surface area contributed by atoms with Crippen LogP contribution in [0.25, 0.3) is 11.4 Å². The Bertz CT molecular complexity index is 1500. The first-order chi connectivity index (χ1) is 22.7. The summed E-state index contributed by atoms with van der Waals surface area (Å²) in [5, 5.41) is 2.53. The van der Waals surface area contributed by atoms with Crippen LogP contribution in [0.3, 0.4) is 0 Å². The molecule has 3 N–H and O–H groups in total. The number of alkyl halides is 3. The number of hydrogen-bond acceptors (Lipinski definition) is 9. The predicted molar refractivity (Wildman–Crippen MR) is 167 cm³/mol. The molecule has 0 radical (unpaired) electrons. The van der Waals surface area contributed by atoms with Crippen molar-refractivity contribution in [1.82, 2.24) is 25.1 Å². The van der Waals surface area contributed by atoms with Gasteiger partial charge in [0, 0.05) is 58.0 Å². The molecule has 2 fully saturated rings. The largest absolute Gasteiger partial charge is 0.449 e. The summed E-state index contributed by atoms with van der Waals surface area (Å²) in [5.74, 6) is -1.42. The number of carbonyl (C=O) groups excluding carboxylic acids is 3. The van der Waals surface area contributed by atoms with Gasteiger partial charge in [0.05, 0.1) is 24.4 Å². The van der Waals surface area contributed by atoms with E-state index < -0.39 is 55.9 Å². The molecule has 14 nitrogen and oxygen atoms in total. The van der Waals surface area contributed by atoms with Gasteiger partial charge in [-0.2, -0.15) is 13.2 Å². The fourth-order valence-electron chi connectivity index (χ4n) is 5.32. The van der Waals surface area contributed by atoms with Gasteiger partial charge in [0.25, 0.3) is 5.91 Å². The van der Waals surface area contributed by atoms with Crippen molar-refractivity contribution in [3.8, 4) is 11.4 Å². The number of nitrogens with zero attached hydrogens (tertiary/aromatic N) is 5. The van der Waals surface area contributed by atoms with Gasteiger partial charge in [-0.3, -0.25) is 14.2 Å². The van der Waals surface area contributed by atoms with Crippen LogP contribution in [0.5, 0.6) is 0 Å². The summed E-state index contributed by atoms with van der Waals surface area (Å²) in [5.41, 5.74) is -1.19. The second-order valence-corrected chi connectivity index (χ2v) is 13.4. The molecule has 264 valence electrons. The second kappa shape index (κ2) is 16.1. The smallest absolute Gasteiger partial charge is 0.416 e. The van der Waals surface area contributed by atoms with Crippen LogP contribution >= 0.6 is 7.60 Å². The molecule has 3 amide bonds. The Morgan fingerprint density at radius 3 is 2.42 bits per heavy atom. The van der Waals surface area contributed by atoms with E-state index in [1.54, 1.807) is 12.0 Å². The number of aromatic nitrogens is 2. The minimum Gasteiger partial charge on any atom is -0.449 e. The summed E-state index contributed by atoms with van der Waals surface area (Å²) >= 11 is 0. The normalized spacial score (nSPS) is 17.7. The van der Waals surface area contributed by atoms with Crippen LogP contribution < -0.4 is 10.2 Å². The Kier molecular flexibility index (Phi) is 12.4. The molecule has 48 heavy (non-hydrogen) atoms. The lowest BCUT2D eigenvalue weighted by Gasteiger charge is -2.36. The summed E-state index contributed by atoms with van der Waals surface area (Å²) in [4.78, 5) is 72.0. The quantitative estimate of drug-likeness (QED) is 0.219. The van der Waals surface area contributed by atoms with Crippen molar-refractivity contribution in [2.45, 2.75) is 50.9 Å². The van der Waals surface area contributed by atoms with Crippen molar-refractivity contribution in [3.05, 3.63) is 41.6 Å². The van der Waals surface area contributed by atoms with Crippen LogP contribution in [-0.4, -0.2) is 119 Å². The maximum atomic E-state index is 13.7. The Morgan fingerprint density at radius 1 is 1.08 bits per heavy atom. The molecule has 0 unspecified atom stereocenters. The third kappa shape index (κ3) is 10.1. The first kappa shape index (κ1) is 37.0. The number of anilines is 1. The lowest BCUT2D eigenvalue weighted by atomic mass is 10.1. The van der Waals surface area contributed by atoms with Gasteiger partial charge in [-0.05, 0) is 31.4 Å². The zero-order chi connectivity index (χ0) is 35.1. The molecule has 4 rings (SSSR count). The van der Waals surface area contributed by atoms with Crippen molar-refractivity contribution >= 4 is 31.3 Å². The molecule has 1 aromatic heterocycles. The van der Waals surface area contributed by atoms with E-state index in [1.165, 1.54) is 28.0 Å². The molecule has 0 spiro atoms. The lowest BCUT2D eigenvalue weighted by molar-refractivity contribution is -0.137. The summed E-state index contributed by atoms with van der Waals surface area (Å²) < 4.78 is 62.9. The average Bonchev–Trinajstić information content (AvgIpc) is 3.55. The highest BCUT2D eigenvalue weighted by atomic mass is 31.2. The fourth-order valence-corrected chi connectivity index (χ4v) is 5.91. The number of nitrogens with one attached hydrogen (secondary N) is 1. The lowest BCUT2D eigenvalue weighted by Crippen LogP contribution is -2.56. The van der Waals surface area contributed by atoms with Crippen molar-refractivity contribution < 1.29 is 51.4 Å². The predicted octanol–water partition coefficient (Wildman–Crippen LogP) is 3.13. The van der Waals surface area contributed by atoms with Gasteiger partial charge in [-0.1, -0.05) is 25.5 Å². The van der Waals surface area contributed by atoms with E-state index in [1.807, 2.05) is 6.92 Å². The van der Waals surface area contributed by atoms with Crippen LogP contribution in [0, 0.1) is 0 Å². The zero-order valence-corrected chi connectivity index (χ0v) is 27.6. The summed E-state index contributed by atoms with van der Waals surface area (Å²) in [6.45, 7) is 3.62. The van der Waals surface area contributed by atoms with Gasteiger partial charge in [-0.15, -0.1) is 0 Å². The molecule has 1 aromatic carbocycles. The van der Waals surface area contributed by atoms with Crippen molar-refractivity contribution in [1.29, 1.82) is 0 Å². The molecule has 3 heterocycles. The molecule has 0 aliphatic carbocycles. The Balaban J connectivity index is 1.58. The minimum atomic E-state index is -4.64. The maximum Gasteiger partial charge on any atom is 0.416 e. The molecule has 0 saturated carbocycles. The number of carbonyl (C=O) groups is 3. The summed E-state index contributed by atoms with van der Waals surface area (Å²) in [7, 11) is -3.03. The number of methoxy groups -OCH3 is 1. The Morgan fingerprint density at radius 2 is 1.79 bits per heavy atom. The molecule has 0 bridgehead atoms. The van der Waals surface area contributed by atoms with Crippen LogP contribution in [0.15, 0.2) is 30.3 Å². The number of ether oxygens (including phenoxy) is 2. The van der Waals surface area contributed by atoms with Gasteiger partial charge in [0.1, 0.15) is 17.6 Å². The standard InChI is InChI=1S/C30H40F3N6O8P/c1-3-4-15-47-29(42)38-13-11-37(12-14-38)28(41)23(9-16-48(43,44)45)35-27(40)24-18-25(39-10-8-22(19-39)46-2)36-26(34-24)20-6-5-7-21(17-20)30(31,32)33/h5-7,17-18,22-23H,3-4,8-16,19H2,1-2H3,(H,35,40)(H2,43,44,45)/t22-,23-/m0/s1. The molecule has 2 aliphatic rings. The summed E-state index contributed by atoms with van der Waals surface area (Å²) in [6, 6.07) is 4.31. The van der Waals surface area contributed by atoms with E-state index >= 15 is 0 Å². The Labute approximate surface area is 275 Å². The van der Waals surface area contributed by atoms with Crippen LogP contribution in [0.1, 0.15) is 48.7 Å². The number of piperazine rings is 1. The molecular formula is C30H40F3N6O8P. The molecule has 18 heteroatoms. The maximum absolute atomic E-state index is 13.7. The second-order valence-electron chi connectivity index (χ2n) is 11.6. The number of unbranched alkanes of at least 4 members (excludes halogenated alkanes) is 1. The highest BCUT2D eigenvalue weighted by molar-refractivity contribution is 7.51. The van der Waals surface area contributed by atoms with Crippen LogP contribution in [0.2, 0.25) is 0 Å². The van der Waals surface area contributed by atoms with E-state index in [0.29, 0.717) is 25.9 Å². The minimum absolute atomic E-state index is 0.00318. The molecular weight excluding hydrogens is 660 g/mol.